The van der Waals surface area contributed by atoms with Crippen LogP contribution in [0.3, 0.4) is 0 Å². The van der Waals surface area contributed by atoms with Crippen LogP contribution in [-0.4, -0.2) is 29.7 Å². The number of rotatable bonds is 5. The molecular formula is C16H21NO4. The minimum atomic E-state index is -0.999. The van der Waals surface area contributed by atoms with E-state index in [1.807, 2.05) is 6.92 Å². The van der Waals surface area contributed by atoms with Crippen molar-refractivity contribution in [1.29, 1.82) is 0 Å². The van der Waals surface area contributed by atoms with Gasteiger partial charge in [0, 0.05) is 18.7 Å². The fourth-order valence-electron chi connectivity index (χ4n) is 2.43. The number of carbonyl (C=O) groups excluding carboxylic acids is 1. The Morgan fingerprint density at radius 3 is 2.86 bits per heavy atom. The SMILES string of the molecule is Cc1ccc(C(=O)O)cc1NC(=O)CCC1CCCCO1. The van der Waals surface area contributed by atoms with Crippen molar-refractivity contribution in [2.24, 2.45) is 0 Å². The van der Waals surface area contributed by atoms with E-state index in [0.29, 0.717) is 18.5 Å². The summed E-state index contributed by atoms with van der Waals surface area (Å²) in [5, 5.41) is 11.8. The molecule has 0 radical (unpaired) electrons. The number of aryl methyl sites for hydroxylation is 1. The lowest BCUT2D eigenvalue weighted by Crippen LogP contribution is -2.22. The molecule has 1 heterocycles. The van der Waals surface area contributed by atoms with Gasteiger partial charge in [-0.15, -0.1) is 0 Å². The number of carboxylic acid groups (broad SMARTS) is 1. The van der Waals surface area contributed by atoms with E-state index in [4.69, 9.17) is 9.84 Å². The van der Waals surface area contributed by atoms with Crippen molar-refractivity contribution in [3.63, 3.8) is 0 Å². The molecule has 1 aliphatic heterocycles. The molecule has 0 saturated carbocycles. The number of nitrogens with one attached hydrogen (secondary N) is 1. The number of ether oxygens (including phenoxy) is 1. The van der Waals surface area contributed by atoms with Crippen molar-refractivity contribution in [3.8, 4) is 0 Å². The summed E-state index contributed by atoms with van der Waals surface area (Å²) in [6, 6.07) is 4.72. The van der Waals surface area contributed by atoms with Crippen molar-refractivity contribution in [1.82, 2.24) is 0 Å². The minimum Gasteiger partial charge on any atom is -0.478 e. The van der Waals surface area contributed by atoms with Crippen LogP contribution < -0.4 is 5.32 Å². The molecule has 114 valence electrons. The molecule has 2 N–H and O–H groups in total. The second-order valence-corrected chi connectivity index (χ2v) is 5.41. The van der Waals surface area contributed by atoms with Gasteiger partial charge in [0.25, 0.3) is 0 Å². The van der Waals surface area contributed by atoms with Gasteiger partial charge in [-0.2, -0.15) is 0 Å². The van der Waals surface area contributed by atoms with Crippen LogP contribution in [-0.2, 0) is 9.53 Å². The summed E-state index contributed by atoms with van der Waals surface area (Å²) in [5.74, 6) is -1.10. The first-order valence-electron chi connectivity index (χ1n) is 7.31. The summed E-state index contributed by atoms with van der Waals surface area (Å²) in [6.45, 7) is 2.62. The number of amides is 1. The van der Waals surface area contributed by atoms with Gasteiger partial charge in [-0.05, 0) is 50.3 Å². The first kappa shape index (κ1) is 15.5. The normalized spacial score (nSPS) is 18.2. The Bertz CT molecular complexity index is 521. The van der Waals surface area contributed by atoms with E-state index in [1.54, 1.807) is 6.07 Å². The van der Waals surface area contributed by atoms with Gasteiger partial charge >= 0.3 is 5.97 Å². The maximum Gasteiger partial charge on any atom is 0.335 e. The Morgan fingerprint density at radius 1 is 1.38 bits per heavy atom. The highest BCUT2D eigenvalue weighted by Gasteiger charge is 2.16. The smallest absolute Gasteiger partial charge is 0.335 e. The predicted molar refractivity (Wildman–Crippen MR) is 79.6 cm³/mol. The van der Waals surface area contributed by atoms with Crippen molar-refractivity contribution in [2.45, 2.75) is 45.1 Å². The quantitative estimate of drug-likeness (QED) is 0.874. The summed E-state index contributed by atoms with van der Waals surface area (Å²) in [4.78, 5) is 22.9. The molecule has 5 heteroatoms. The molecule has 0 aromatic heterocycles. The van der Waals surface area contributed by atoms with Gasteiger partial charge < -0.3 is 15.2 Å². The van der Waals surface area contributed by atoms with Gasteiger partial charge in [0.2, 0.25) is 5.91 Å². The molecule has 21 heavy (non-hydrogen) atoms. The third-order valence-electron chi connectivity index (χ3n) is 3.73. The van der Waals surface area contributed by atoms with Crippen LogP contribution in [0.2, 0.25) is 0 Å². The Labute approximate surface area is 124 Å². The van der Waals surface area contributed by atoms with Gasteiger partial charge in [0.05, 0.1) is 11.7 Å². The lowest BCUT2D eigenvalue weighted by molar-refractivity contribution is -0.117. The zero-order valence-corrected chi connectivity index (χ0v) is 12.2. The molecule has 2 rings (SSSR count). The molecule has 1 atom stereocenters. The van der Waals surface area contributed by atoms with Crippen molar-refractivity contribution in [2.75, 3.05) is 11.9 Å². The average Bonchev–Trinajstić information content (AvgIpc) is 2.48. The van der Waals surface area contributed by atoms with Crippen molar-refractivity contribution >= 4 is 17.6 Å². The van der Waals surface area contributed by atoms with E-state index in [2.05, 4.69) is 5.32 Å². The van der Waals surface area contributed by atoms with E-state index < -0.39 is 5.97 Å². The van der Waals surface area contributed by atoms with Crippen LogP contribution in [0.5, 0.6) is 0 Å². The zero-order valence-electron chi connectivity index (χ0n) is 12.2. The van der Waals surface area contributed by atoms with Gasteiger partial charge in [-0.1, -0.05) is 6.07 Å². The molecular weight excluding hydrogens is 270 g/mol. The van der Waals surface area contributed by atoms with Crippen molar-refractivity contribution in [3.05, 3.63) is 29.3 Å². The summed E-state index contributed by atoms with van der Waals surface area (Å²) >= 11 is 0. The number of carbonyl (C=O) groups is 2. The Kier molecular flexibility index (Phi) is 5.33. The van der Waals surface area contributed by atoms with E-state index in [-0.39, 0.29) is 17.6 Å². The first-order valence-corrected chi connectivity index (χ1v) is 7.31. The number of benzene rings is 1. The van der Waals surface area contributed by atoms with Gasteiger partial charge in [0.1, 0.15) is 0 Å². The topological polar surface area (TPSA) is 75.6 Å². The molecule has 1 saturated heterocycles. The Balaban J connectivity index is 1.89. The number of hydrogen-bond donors (Lipinski definition) is 2. The second-order valence-electron chi connectivity index (χ2n) is 5.41. The largest absolute Gasteiger partial charge is 0.478 e. The van der Waals surface area contributed by atoms with E-state index in [0.717, 1.165) is 31.4 Å². The molecule has 1 fully saturated rings. The van der Waals surface area contributed by atoms with Gasteiger partial charge in [-0.25, -0.2) is 4.79 Å². The fourth-order valence-corrected chi connectivity index (χ4v) is 2.43. The van der Waals surface area contributed by atoms with E-state index >= 15 is 0 Å². The molecule has 1 aromatic rings. The van der Waals surface area contributed by atoms with Crippen LogP contribution in [0, 0.1) is 6.92 Å². The number of aromatic carboxylic acids is 1. The highest BCUT2D eigenvalue weighted by molar-refractivity contribution is 5.94. The molecule has 0 bridgehead atoms. The number of anilines is 1. The third kappa shape index (κ3) is 4.56. The van der Waals surface area contributed by atoms with Gasteiger partial charge in [0.15, 0.2) is 0 Å². The molecule has 1 unspecified atom stereocenters. The summed E-state index contributed by atoms with van der Waals surface area (Å²) in [7, 11) is 0. The molecule has 0 spiro atoms. The highest BCUT2D eigenvalue weighted by Crippen LogP contribution is 2.19. The summed E-state index contributed by atoms with van der Waals surface area (Å²) in [5.41, 5.74) is 1.58. The van der Waals surface area contributed by atoms with Crippen LogP contribution in [0.25, 0.3) is 0 Å². The number of carboxylic acids is 1. The maximum absolute atomic E-state index is 12.0. The predicted octanol–water partition coefficient (Wildman–Crippen LogP) is 2.98. The Morgan fingerprint density at radius 2 is 2.19 bits per heavy atom. The van der Waals surface area contributed by atoms with Crippen LogP contribution in [0.1, 0.15) is 48.0 Å². The van der Waals surface area contributed by atoms with E-state index in [9.17, 15) is 9.59 Å². The summed E-state index contributed by atoms with van der Waals surface area (Å²) in [6.07, 6.45) is 4.55. The second kappa shape index (κ2) is 7.22. The number of hydrogen-bond acceptors (Lipinski definition) is 3. The van der Waals surface area contributed by atoms with Crippen LogP contribution >= 0.6 is 0 Å². The molecule has 1 aliphatic rings. The van der Waals surface area contributed by atoms with Crippen LogP contribution in [0.4, 0.5) is 5.69 Å². The lowest BCUT2D eigenvalue weighted by atomic mass is 10.0. The monoisotopic (exact) mass is 291 g/mol. The van der Waals surface area contributed by atoms with Crippen molar-refractivity contribution < 1.29 is 19.4 Å². The first-order chi connectivity index (χ1) is 10.1. The maximum atomic E-state index is 12.0. The molecule has 1 aromatic carbocycles. The third-order valence-corrected chi connectivity index (χ3v) is 3.73. The average molecular weight is 291 g/mol. The van der Waals surface area contributed by atoms with E-state index in [1.165, 1.54) is 12.1 Å². The zero-order chi connectivity index (χ0) is 15.2. The minimum absolute atomic E-state index is 0.102. The van der Waals surface area contributed by atoms with Crippen LogP contribution in [0.15, 0.2) is 18.2 Å². The molecule has 1 amide bonds. The standard InChI is InChI=1S/C16H21NO4/c1-11-5-6-12(16(19)20)10-14(11)17-15(18)8-7-13-4-2-3-9-21-13/h5-6,10,13H,2-4,7-9H2,1H3,(H,17,18)(H,19,20). The van der Waals surface area contributed by atoms with Gasteiger partial charge in [-0.3, -0.25) is 4.79 Å². The Hall–Kier alpha value is -1.88. The fraction of sp³-hybridized carbons (Fsp3) is 0.500. The molecule has 5 nitrogen and oxygen atoms in total. The summed E-state index contributed by atoms with van der Waals surface area (Å²) < 4.78 is 5.60. The molecule has 0 aliphatic carbocycles. The highest BCUT2D eigenvalue weighted by atomic mass is 16.5. The lowest BCUT2D eigenvalue weighted by Gasteiger charge is -2.22.